The van der Waals surface area contributed by atoms with Gasteiger partial charge >= 0.3 is 236 Å². The zero-order valence-corrected chi connectivity index (χ0v) is 28.7. The van der Waals surface area contributed by atoms with Crippen LogP contribution in [0.25, 0.3) is 10.8 Å². The first-order valence-corrected chi connectivity index (χ1v) is 20.5. The molecule has 0 aliphatic carbocycles. The Hall–Kier alpha value is -3.39. The third-order valence-electron chi connectivity index (χ3n) is 8.12. The average molecular weight is 677 g/mol. The molecule has 0 bridgehead atoms. The predicted molar refractivity (Wildman–Crippen MR) is 190 cm³/mol. The van der Waals surface area contributed by atoms with Gasteiger partial charge < -0.3 is 0 Å². The van der Waals surface area contributed by atoms with E-state index in [2.05, 4.69) is 6.92 Å². The second kappa shape index (κ2) is 15.5. The zero-order chi connectivity index (χ0) is 32.5. The van der Waals surface area contributed by atoms with Crippen molar-refractivity contribution in [1.82, 2.24) is 0 Å². The van der Waals surface area contributed by atoms with Crippen LogP contribution in [0.1, 0.15) is 51.9 Å². The first-order valence-electron chi connectivity index (χ1n) is 15.8. The number of hydrogen-bond acceptors (Lipinski definition) is 6. The Labute approximate surface area is 274 Å². The minimum absolute atomic E-state index is 0.0139. The van der Waals surface area contributed by atoms with Crippen LogP contribution in [0.4, 0.5) is 0 Å². The van der Waals surface area contributed by atoms with Crippen LogP contribution in [0, 0.1) is 0 Å². The molecule has 0 aliphatic heterocycles. The molecule has 0 radical (unpaired) electrons. The van der Waals surface area contributed by atoms with Gasteiger partial charge in [-0.25, -0.2) is 0 Å². The van der Waals surface area contributed by atoms with Crippen LogP contribution in [0.2, 0.25) is 0 Å². The van der Waals surface area contributed by atoms with Gasteiger partial charge in [-0.1, -0.05) is 39.0 Å². The van der Waals surface area contributed by atoms with Gasteiger partial charge in [-0.3, -0.25) is 0 Å². The van der Waals surface area contributed by atoms with Gasteiger partial charge in [0.15, 0.2) is 0 Å². The van der Waals surface area contributed by atoms with Crippen LogP contribution in [0.5, 0.6) is 0 Å². The number of unbranched alkanes of at least 4 members (excludes halogenated alkanes) is 6. The van der Waals surface area contributed by atoms with Crippen LogP contribution >= 0.6 is 7.49 Å². The minimum atomic E-state index is -4.35. The van der Waals surface area contributed by atoms with Crippen molar-refractivity contribution in [3.8, 4) is 0 Å². The van der Waals surface area contributed by atoms with E-state index in [1.807, 2.05) is 91.0 Å². The Morgan fingerprint density at radius 2 is 0.935 bits per heavy atom. The molecule has 5 aromatic carbocycles. The molecule has 0 fully saturated rings. The van der Waals surface area contributed by atoms with Crippen molar-refractivity contribution in [3.05, 3.63) is 127 Å². The van der Waals surface area contributed by atoms with Gasteiger partial charge in [0.25, 0.3) is 0 Å². The van der Waals surface area contributed by atoms with E-state index in [-0.39, 0.29) is 16.4 Å². The van der Waals surface area contributed by atoms with Crippen molar-refractivity contribution in [2.24, 2.45) is 0 Å². The summed E-state index contributed by atoms with van der Waals surface area (Å²) >= 11 is 0. The Bertz CT molecular complexity index is 1840. The summed E-state index contributed by atoms with van der Waals surface area (Å²) in [6.45, 7) is 2.29. The number of benzene rings is 5. The molecule has 0 atom stereocenters. The van der Waals surface area contributed by atoms with Crippen LogP contribution in [-0.4, -0.2) is 23.4 Å². The molecule has 6 nitrogen and oxygen atoms in total. The van der Waals surface area contributed by atoms with Gasteiger partial charge in [0.05, 0.1) is 0 Å². The fourth-order valence-corrected chi connectivity index (χ4v) is 13.0. The summed E-state index contributed by atoms with van der Waals surface area (Å²) < 4.78 is 66.4. The average Bonchev–Trinajstić information content (AvgIpc) is 3.09. The summed E-state index contributed by atoms with van der Waals surface area (Å²) in [6, 6.07) is 37.7. The van der Waals surface area contributed by atoms with Gasteiger partial charge in [-0.15, -0.1) is 0 Å². The Morgan fingerprint density at radius 3 is 1.41 bits per heavy atom. The van der Waals surface area contributed by atoms with Gasteiger partial charge in [-0.05, 0) is 0 Å². The molecule has 46 heavy (non-hydrogen) atoms. The molecule has 0 heterocycles. The van der Waals surface area contributed by atoms with Crippen molar-refractivity contribution in [2.45, 2.75) is 61.7 Å². The zero-order valence-electron chi connectivity index (χ0n) is 26.0. The fraction of sp³-hybridized carbons (Fsp3) is 0.243. The van der Waals surface area contributed by atoms with Crippen LogP contribution in [0.3, 0.4) is 0 Å². The molecule has 0 aliphatic rings. The molecule has 9 heteroatoms. The number of rotatable bonds is 16. The fourth-order valence-electron chi connectivity index (χ4n) is 5.69. The Balaban J connectivity index is 1.46. The van der Waals surface area contributed by atoms with Crippen LogP contribution in [0.15, 0.2) is 137 Å². The van der Waals surface area contributed by atoms with E-state index in [0.717, 1.165) is 35.2 Å². The maximum absolute atomic E-state index is 14.2. The molecule has 0 aromatic heterocycles. The topological polar surface area (TPSA) is 86.7 Å². The summed E-state index contributed by atoms with van der Waals surface area (Å²) in [5.41, 5.74) is 0. The molecule has 0 unspecified atom stereocenters. The normalized spacial score (nSPS) is 12.7. The van der Waals surface area contributed by atoms with Crippen molar-refractivity contribution < 1.29 is 25.0 Å². The molecule has 5 aromatic rings. The predicted octanol–water partition coefficient (Wildman–Crippen LogP) is 7.64. The standard InChI is InChI=1S/C37H41O6PS2/c1-2-3-4-5-6-7-17-28-42-45(38,39)36-26-24-31-25-27-37(30-32(31)29-36)46(40,41)43-44(33-18-11-8-12-19-33,34-20-13-9-14-21-34)35-22-15-10-16-23-35/h8-16,18-27,29-30,44H,2-7,17,28H2,1H3. The van der Waals surface area contributed by atoms with Gasteiger partial charge in [0.1, 0.15) is 0 Å². The second-order valence-corrected chi connectivity index (χ2v) is 18.1. The van der Waals surface area contributed by atoms with E-state index in [1.165, 1.54) is 43.5 Å². The summed E-state index contributed by atoms with van der Waals surface area (Å²) in [5.74, 6) is 0. The van der Waals surface area contributed by atoms with Gasteiger partial charge in [0, 0.05) is 0 Å². The number of hydrogen-bond donors (Lipinski definition) is 0. The molecule has 0 spiro atoms. The van der Waals surface area contributed by atoms with Crippen molar-refractivity contribution in [2.75, 3.05) is 6.61 Å². The first-order chi connectivity index (χ1) is 22.3. The van der Waals surface area contributed by atoms with Gasteiger partial charge in [-0.2, -0.15) is 0 Å². The van der Waals surface area contributed by atoms with E-state index in [9.17, 15) is 16.8 Å². The summed E-state index contributed by atoms with van der Waals surface area (Å²) in [7, 11) is -11.9. The Kier molecular flexibility index (Phi) is 11.4. The quantitative estimate of drug-likeness (QED) is 0.0607. The molecule has 0 saturated carbocycles. The maximum atomic E-state index is 14.2. The van der Waals surface area contributed by atoms with Gasteiger partial charge in [0.2, 0.25) is 0 Å². The molecule has 0 amide bonds. The third-order valence-corrected chi connectivity index (χ3v) is 15.6. The first kappa shape index (κ1) is 34.0. The summed E-state index contributed by atoms with van der Waals surface area (Å²) in [6.07, 6.45) is 7.38. The molecular formula is C37H41O6PS2. The van der Waals surface area contributed by atoms with E-state index in [4.69, 9.17) is 8.15 Å². The van der Waals surface area contributed by atoms with E-state index >= 15 is 0 Å². The van der Waals surface area contributed by atoms with E-state index in [0.29, 0.717) is 17.2 Å². The Morgan fingerprint density at radius 1 is 0.500 bits per heavy atom. The molecular weight excluding hydrogens is 636 g/mol. The summed E-state index contributed by atoms with van der Waals surface area (Å²) in [4.78, 5) is -0.0711. The molecule has 0 N–H and O–H groups in total. The van der Waals surface area contributed by atoms with E-state index in [1.54, 1.807) is 12.1 Å². The van der Waals surface area contributed by atoms with Crippen molar-refractivity contribution in [1.29, 1.82) is 0 Å². The van der Waals surface area contributed by atoms with Crippen molar-refractivity contribution in [3.63, 3.8) is 0 Å². The molecule has 0 saturated heterocycles. The second-order valence-electron chi connectivity index (χ2n) is 11.4. The van der Waals surface area contributed by atoms with Crippen LogP contribution < -0.4 is 15.9 Å². The molecule has 242 valence electrons. The molecule has 5 rings (SSSR count). The monoisotopic (exact) mass is 676 g/mol. The summed E-state index contributed by atoms with van der Waals surface area (Å²) in [5, 5.41) is 3.49. The number of fused-ring (bicyclic) bond motifs is 1. The van der Waals surface area contributed by atoms with Crippen LogP contribution in [-0.2, 0) is 28.4 Å². The third kappa shape index (κ3) is 7.93. The van der Waals surface area contributed by atoms with E-state index < -0.39 is 27.7 Å². The van der Waals surface area contributed by atoms with Crippen molar-refractivity contribution >= 4 is 54.4 Å². The SMILES string of the molecule is CCCCCCCCCOS(=O)(=O)c1ccc2ccc(S(=O)(=O)O[PH](c3ccccc3)(c3ccccc3)c3ccccc3)cc2c1.